The first-order chi connectivity index (χ1) is 8.25. The summed E-state index contributed by atoms with van der Waals surface area (Å²) in [5, 5.41) is 3.59. The van der Waals surface area contributed by atoms with Crippen molar-refractivity contribution < 1.29 is 0 Å². The van der Waals surface area contributed by atoms with Crippen molar-refractivity contribution in [1.29, 1.82) is 0 Å². The first kappa shape index (κ1) is 12.6. The van der Waals surface area contributed by atoms with Crippen LogP contribution in [0.1, 0.15) is 32.3 Å². The molecule has 2 rings (SSSR count). The van der Waals surface area contributed by atoms with Gasteiger partial charge in [0.25, 0.3) is 0 Å². The van der Waals surface area contributed by atoms with Gasteiger partial charge in [0.05, 0.1) is 0 Å². The van der Waals surface area contributed by atoms with Crippen LogP contribution in [0.2, 0.25) is 0 Å². The Hall–Kier alpha value is -0.860. The third-order valence-electron chi connectivity index (χ3n) is 3.37. The minimum atomic E-state index is 0.608. The molecule has 1 N–H and O–H groups in total. The van der Waals surface area contributed by atoms with E-state index in [2.05, 4.69) is 54.4 Å². The number of rotatable bonds is 7. The van der Waals surface area contributed by atoms with Crippen molar-refractivity contribution in [3.8, 4) is 0 Å². The van der Waals surface area contributed by atoms with E-state index in [1.54, 1.807) is 0 Å². The molecule has 1 aromatic rings. The van der Waals surface area contributed by atoms with Gasteiger partial charge in [-0.2, -0.15) is 0 Å². The van der Waals surface area contributed by atoms with Crippen molar-refractivity contribution in [1.82, 2.24) is 10.2 Å². The van der Waals surface area contributed by atoms with Crippen molar-refractivity contribution in [2.75, 3.05) is 13.1 Å². The number of hydrogen-bond acceptors (Lipinski definition) is 2. The van der Waals surface area contributed by atoms with Gasteiger partial charge >= 0.3 is 0 Å². The second-order valence-corrected chi connectivity index (χ2v) is 5.28. The maximum atomic E-state index is 3.59. The summed E-state index contributed by atoms with van der Waals surface area (Å²) in [7, 11) is 0. The largest absolute Gasteiger partial charge is 0.313 e. The van der Waals surface area contributed by atoms with Gasteiger partial charge in [0.1, 0.15) is 0 Å². The zero-order chi connectivity index (χ0) is 12.1. The number of nitrogens with one attached hydrogen (secondary N) is 1. The van der Waals surface area contributed by atoms with Crippen LogP contribution < -0.4 is 5.32 Å². The molecule has 0 saturated heterocycles. The molecule has 0 aliphatic heterocycles. The molecule has 0 unspecified atom stereocenters. The molecule has 94 valence electrons. The van der Waals surface area contributed by atoms with Crippen molar-refractivity contribution in [2.24, 2.45) is 0 Å². The zero-order valence-electron chi connectivity index (χ0n) is 11.0. The molecule has 0 spiro atoms. The van der Waals surface area contributed by atoms with Crippen LogP contribution in [0.3, 0.4) is 0 Å². The zero-order valence-corrected chi connectivity index (χ0v) is 11.0. The van der Waals surface area contributed by atoms with Crippen LogP contribution in [-0.4, -0.2) is 30.1 Å². The minimum absolute atomic E-state index is 0.608. The average molecular weight is 232 g/mol. The van der Waals surface area contributed by atoms with E-state index in [1.165, 1.54) is 18.4 Å². The molecule has 0 radical (unpaired) electrons. The van der Waals surface area contributed by atoms with Crippen molar-refractivity contribution in [3.63, 3.8) is 0 Å². The highest BCUT2D eigenvalue weighted by molar-refractivity contribution is 5.14. The highest BCUT2D eigenvalue weighted by Crippen LogP contribution is 2.18. The van der Waals surface area contributed by atoms with Crippen molar-refractivity contribution >= 4 is 0 Å². The fraction of sp³-hybridized carbons (Fsp3) is 0.600. The van der Waals surface area contributed by atoms with Gasteiger partial charge in [-0.15, -0.1) is 0 Å². The van der Waals surface area contributed by atoms with Crippen molar-refractivity contribution in [2.45, 2.75) is 45.3 Å². The van der Waals surface area contributed by atoms with Gasteiger partial charge in [-0.3, -0.25) is 4.90 Å². The topological polar surface area (TPSA) is 15.3 Å². The summed E-state index contributed by atoms with van der Waals surface area (Å²) in [6, 6.07) is 12.2. The number of nitrogens with zero attached hydrogens (tertiary/aromatic N) is 1. The summed E-state index contributed by atoms with van der Waals surface area (Å²) < 4.78 is 0. The van der Waals surface area contributed by atoms with Crippen LogP contribution in [0.15, 0.2) is 30.3 Å². The summed E-state index contributed by atoms with van der Waals surface area (Å²) in [5.41, 5.74) is 1.41. The third-order valence-corrected chi connectivity index (χ3v) is 3.37. The van der Waals surface area contributed by atoms with Crippen LogP contribution in [0.5, 0.6) is 0 Å². The summed E-state index contributed by atoms with van der Waals surface area (Å²) in [6.45, 7) is 7.88. The molecule has 0 heterocycles. The van der Waals surface area contributed by atoms with Crippen LogP contribution in [-0.2, 0) is 6.54 Å². The Morgan fingerprint density at radius 3 is 2.53 bits per heavy atom. The van der Waals surface area contributed by atoms with E-state index in [1.807, 2.05) is 0 Å². The summed E-state index contributed by atoms with van der Waals surface area (Å²) in [4.78, 5) is 2.53. The standard InChI is InChI=1S/C15H24N2/c1-13(2)17(11-10-16-15-8-9-15)12-14-6-4-3-5-7-14/h3-7,13,15-16H,8-12H2,1-2H3. The maximum absolute atomic E-state index is 3.59. The fourth-order valence-corrected chi connectivity index (χ4v) is 2.04. The number of hydrogen-bond donors (Lipinski definition) is 1. The molecular weight excluding hydrogens is 208 g/mol. The van der Waals surface area contributed by atoms with E-state index in [4.69, 9.17) is 0 Å². The summed E-state index contributed by atoms with van der Waals surface area (Å²) in [5.74, 6) is 0. The Morgan fingerprint density at radius 1 is 1.24 bits per heavy atom. The molecule has 0 aromatic heterocycles. The molecule has 1 saturated carbocycles. The van der Waals surface area contributed by atoms with Gasteiger partial charge in [-0.05, 0) is 32.3 Å². The van der Waals surface area contributed by atoms with Gasteiger partial charge in [0.2, 0.25) is 0 Å². The first-order valence-electron chi connectivity index (χ1n) is 6.77. The molecule has 1 aliphatic carbocycles. The summed E-state index contributed by atoms with van der Waals surface area (Å²) >= 11 is 0. The lowest BCUT2D eigenvalue weighted by atomic mass is 10.2. The molecule has 2 nitrogen and oxygen atoms in total. The van der Waals surface area contributed by atoms with Crippen LogP contribution in [0, 0.1) is 0 Å². The van der Waals surface area contributed by atoms with E-state index in [9.17, 15) is 0 Å². The Balaban J connectivity index is 1.79. The fourth-order valence-electron chi connectivity index (χ4n) is 2.04. The molecule has 17 heavy (non-hydrogen) atoms. The quantitative estimate of drug-likeness (QED) is 0.777. The van der Waals surface area contributed by atoms with Gasteiger partial charge < -0.3 is 5.32 Å². The predicted molar refractivity (Wildman–Crippen MR) is 73.0 cm³/mol. The van der Waals surface area contributed by atoms with Gasteiger partial charge in [-0.1, -0.05) is 30.3 Å². The highest BCUT2D eigenvalue weighted by Gasteiger charge is 2.20. The Kier molecular flexibility index (Phi) is 4.57. The molecule has 0 atom stereocenters. The second-order valence-electron chi connectivity index (χ2n) is 5.28. The van der Waals surface area contributed by atoms with Gasteiger partial charge in [-0.25, -0.2) is 0 Å². The minimum Gasteiger partial charge on any atom is -0.313 e. The number of benzene rings is 1. The lowest BCUT2D eigenvalue weighted by Gasteiger charge is -2.26. The van der Waals surface area contributed by atoms with Crippen LogP contribution >= 0.6 is 0 Å². The Morgan fingerprint density at radius 2 is 1.94 bits per heavy atom. The van der Waals surface area contributed by atoms with Crippen molar-refractivity contribution in [3.05, 3.63) is 35.9 Å². The van der Waals surface area contributed by atoms with E-state index in [0.717, 1.165) is 25.7 Å². The first-order valence-corrected chi connectivity index (χ1v) is 6.77. The highest BCUT2D eigenvalue weighted by atomic mass is 15.2. The Bertz CT molecular complexity index is 317. The lowest BCUT2D eigenvalue weighted by Crippen LogP contribution is -2.37. The smallest absolute Gasteiger partial charge is 0.0236 e. The van der Waals surface area contributed by atoms with E-state index in [-0.39, 0.29) is 0 Å². The molecule has 0 amide bonds. The van der Waals surface area contributed by atoms with Crippen LogP contribution in [0.4, 0.5) is 0 Å². The monoisotopic (exact) mass is 232 g/mol. The molecule has 1 fully saturated rings. The van der Waals surface area contributed by atoms with E-state index >= 15 is 0 Å². The second kappa shape index (κ2) is 6.18. The van der Waals surface area contributed by atoms with E-state index < -0.39 is 0 Å². The van der Waals surface area contributed by atoms with Gasteiger partial charge in [0.15, 0.2) is 0 Å². The lowest BCUT2D eigenvalue weighted by molar-refractivity contribution is 0.213. The molecule has 1 aliphatic rings. The van der Waals surface area contributed by atoms with Gasteiger partial charge in [0, 0.05) is 31.7 Å². The van der Waals surface area contributed by atoms with E-state index in [0.29, 0.717) is 6.04 Å². The normalized spacial score (nSPS) is 15.8. The summed E-state index contributed by atoms with van der Waals surface area (Å²) in [6.07, 6.45) is 2.75. The van der Waals surface area contributed by atoms with Crippen LogP contribution in [0.25, 0.3) is 0 Å². The molecule has 1 aromatic carbocycles. The molecule has 0 bridgehead atoms. The maximum Gasteiger partial charge on any atom is 0.0236 e. The Labute approximate surface area is 105 Å². The molecule has 2 heteroatoms. The molecular formula is C15H24N2. The average Bonchev–Trinajstić information content (AvgIpc) is 3.13. The predicted octanol–water partition coefficient (Wildman–Crippen LogP) is 2.65. The SMILES string of the molecule is CC(C)N(CCNC1CC1)Cc1ccccc1. The third kappa shape index (κ3) is 4.49.